The number of ether oxygens (including phenoxy) is 3. The van der Waals surface area contributed by atoms with Crippen LogP contribution >= 0.6 is 11.8 Å². The van der Waals surface area contributed by atoms with Crippen molar-refractivity contribution in [2.45, 2.75) is 77.1 Å². The van der Waals surface area contributed by atoms with Crippen LogP contribution in [0.3, 0.4) is 0 Å². The van der Waals surface area contributed by atoms with E-state index in [1.165, 1.54) is 18.1 Å². The van der Waals surface area contributed by atoms with Crippen LogP contribution in [0.5, 0.6) is 5.75 Å². The molecule has 4 aliphatic heterocycles. The molecule has 2 fully saturated rings. The number of hydrogen-bond acceptors (Lipinski definition) is 15. The number of β-amino-alcohol motifs (C(OH)–C–C–N with tert-alkyl or cyclic N) is 1. The molecule has 19 nitrogen and oxygen atoms in total. The largest absolute Gasteiger partial charge is 0.496 e. The number of piperazine rings is 1. The summed E-state index contributed by atoms with van der Waals surface area (Å²) < 4.78 is 30.9. The lowest BCUT2D eigenvalue weighted by Crippen LogP contribution is -2.58. The number of nitrogens with one attached hydrogen (secondary N) is 4. The van der Waals surface area contributed by atoms with Gasteiger partial charge in [-0.2, -0.15) is 5.10 Å². The number of hydrazone groups is 1. The minimum Gasteiger partial charge on any atom is -0.496 e. The van der Waals surface area contributed by atoms with Crippen molar-refractivity contribution < 1.29 is 42.9 Å². The van der Waals surface area contributed by atoms with E-state index >= 15 is 0 Å². The van der Waals surface area contributed by atoms with Gasteiger partial charge in [-0.15, -0.1) is 11.8 Å². The van der Waals surface area contributed by atoms with E-state index in [1.807, 2.05) is 69.6 Å². The Morgan fingerprint density at radius 3 is 2.39 bits per heavy atom. The van der Waals surface area contributed by atoms with Crippen LogP contribution in [0.15, 0.2) is 93.7 Å². The molecule has 0 aromatic heterocycles. The molecule has 7 N–H and O–H groups in total. The first kappa shape index (κ1) is 55.4. The molecule has 0 bridgehead atoms. The van der Waals surface area contributed by atoms with Gasteiger partial charge in [-0.1, -0.05) is 70.2 Å². The molecule has 3 unspecified atom stereocenters. The number of aliphatic hydroxyl groups is 1. The van der Waals surface area contributed by atoms with Gasteiger partial charge in [0.05, 0.1) is 79.6 Å². The second kappa shape index (κ2) is 25.7. The van der Waals surface area contributed by atoms with E-state index in [1.54, 1.807) is 30.1 Å². The van der Waals surface area contributed by atoms with E-state index in [0.717, 1.165) is 60.0 Å². The van der Waals surface area contributed by atoms with Crippen molar-refractivity contribution in [1.29, 1.82) is 0 Å². The van der Waals surface area contributed by atoms with Gasteiger partial charge in [0.2, 0.25) is 23.6 Å². The Bertz CT molecular complexity index is 2570. The Morgan fingerprint density at radius 1 is 0.973 bits per heavy atom. The van der Waals surface area contributed by atoms with E-state index in [4.69, 9.17) is 19.9 Å². The Kier molecular flexibility index (Phi) is 19.2. The Balaban J connectivity index is 0.751. The standard InChI is InChI=1S/C53H70FN11O8S/c1-33-41(28-57-50(55)46-40(54)8-7-9-43(46)71-6)61-62-47(33)36-14-16-38(17-15-36)64-21-19-63(20-22-64)30-44(67)56-18-23-72-24-25-73-31-45(68)60-49(53(3,4)5)52(70)65-29-39(66)26-42(65)51(69)58-27-35-10-12-37(13-11-35)48-34(2)59-32-74-48/h7-17,28,32-34,39,42,48-49,61,66H,18-27,29-31H2,1-6H3,(H2,55,57)(H,56,67)(H,58,69)(H,60,68)/b41-28+/t33?,34?,39-,42+,48?,49-/m1/s1. The average molecular weight is 1040 g/mol. The number of nitrogens with two attached hydrogens (primary N) is 1. The van der Waals surface area contributed by atoms with Crippen molar-refractivity contribution in [3.8, 4) is 5.75 Å². The number of benzene rings is 3. The topological polar surface area (TPSA) is 237 Å². The first-order chi connectivity index (χ1) is 35.5. The summed E-state index contributed by atoms with van der Waals surface area (Å²) in [6.45, 7) is 13.6. The number of thioether (sulfide) groups is 1. The molecule has 3 aromatic rings. The molecule has 0 aliphatic carbocycles. The normalized spacial score (nSPS) is 22.1. The second-order valence-electron chi connectivity index (χ2n) is 19.8. The molecular weight excluding hydrogens is 970 g/mol. The molecule has 398 valence electrons. The molecular formula is C53H70FN11O8S. The van der Waals surface area contributed by atoms with Crippen molar-refractivity contribution in [3.05, 3.63) is 107 Å². The third-order valence-corrected chi connectivity index (χ3v) is 14.6. The number of rotatable bonds is 21. The Morgan fingerprint density at radius 2 is 1.70 bits per heavy atom. The SMILES string of the molecule is COc1cccc(F)c1C(N)=N/C=C1/NN=C(c2ccc(N3CCN(CC(=O)NCCOCCOCC(=O)N[C@H](C(=O)N4C[C@H](O)C[C@H]4C(=O)NCc4ccc(C5SC=NC5C)cc4)C(C)(C)C)CC3)cc2)C1C. The molecule has 0 radical (unpaired) electrons. The van der Waals surface area contributed by atoms with Gasteiger partial charge in [0.1, 0.15) is 36.1 Å². The highest BCUT2D eigenvalue weighted by atomic mass is 32.2. The number of hydrogen-bond donors (Lipinski definition) is 6. The monoisotopic (exact) mass is 1040 g/mol. The number of halogens is 1. The van der Waals surface area contributed by atoms with Crippen molar-refractivity contribution in [2.24, 2.45) is 32.2 Å². The summed E-state index contributed by atoms with van der Waals surface area (Å²) >= 11 is 1.69. The summed E-state index contributed by atoms with van der Waals surface area (Å²) in [4.78, 5) is 67.7. The fraction of sp³-hybridized carbons (Fsp3) is 0.491. The Labute approximate surface area is 436 Å². The molecule has 7 rings (SSSR count). The third-order valence-electron chi connectivity index (χ3n) is 13.4. The molecule has 4 amide bonds. The number of amides is 4. The summed E-state index contributed by atoms with van der Waals surface area (Å²) in [5, 5.41) is 24.0. The van der Waals surface area contributed by atoms with E-state index < -0.39 is 41.2 Å². The van der Waals surface area contributed by atoms with Gasteiger partial charge in [0, 0.05) is 63.8 Å². The number of anilines is 1. The molecule has 0 saturated carbocycles. The molecule has 3 aromatic carbocycles. The smallest absolute Gasteiger partial charge is 0.246 e. The van der Waals surface area contributed by atoms with Gasteiger partial charge in [0.15, 0.2) is 0 Å². The van der Waals surface area contributed by atoms with Crippen LogP contribution in [0.25, 0.3) is 0 Å². The minimum atomic E-state index is -0.983. The van der Waals surface area contributed by atoms with Crippen LogP contribution in [0, 0.1) is 17.2 Å². The number of aliphatic hydroxyl groups excluding tert-OH is 1. The van der Waals surface area contributed by atoms with E-state index in [9.17, 15) is 28.7 Å². The van der Waals surface area contributed by atoms with Crippen molar-refractivity contribution in [1.82, 2.24) is 31.2 Å². The maximum atomic E-state index is 14.5. The summed E-state index contributed by atoms with van der Waals surface area (Å²) in [5.74, 6) is -1.76. The molecule has 21 heteroatoms. The predicted molar refractivity (Wildman–Crippen MR) is 284 cm³/mol. The molecule has 4 aliphatic rings. The number of likely N-dealkylation sites (tertiary alicyclic amines) is 1. The molecule has 74 heavy (non-hydrogen) atoms. The van der Waals surface area contributed by atoms with Gasteiger partial charge >= 0.3 is 0 Å². The van der Waals surface area contributed by atoms with E-state index in [-0.39, 0.29) is 92.9 Å². The summed E-state index contributed by atoms with van der Waals surface area (Å²) in [6.07, 6.45) is 0.768. The van der Waals surface area contributed by atoms with Crippen LogP contribution in [-0.2, 0) is 35.2 Å². The lowest BCUT2D eigenvalue weighted by Gasteiger charge is -2.35. The average Bonchev–Trinajstić information content (AvgIpc) is 4.11. The van der Waals surface area contributed by atoms with E-state index in [0.29, 0.717) is 12.3 Å². The van der Waals surface area contributed by atoms with Crippen molar-refractivity contribution in [2.75, 3.05) is 84.3 Å². The summed E-state index contributed by atoms with van der Waals surface area (Å²) in [5.41, 5.74) is 16.1. The molecule has 6 atom stereocenters. The van der Waals surface area contributed by atoms with Crippen molar-refractivity contribution >= 4 is 58.2 Å². The van der Waals surface area contributed by atoms with Crippen molar-refractivity contribution in [3.63, 3.8) is 0 Å². The van der Waals surface area contributed by atoms with Gasteiger partial charge in [0.25, 0.3) is 0 Å². The van der Waals surface area contributed by atoms with Crippen LogP contribution < -0.4 is 36.7 Å². The quantitative estimate of drug-likeness (QED) is 0.0511. The highest BCUT2D eigenvalue weighted by molar-refractivity contribution is 8.12. The zero-order valence-corrected chi connectivity index (χ0v) is 43.8. The van der Waals surface area contributed by atoms with E-state index in [2.05, 4.69) is 65.3 Å². The third kappa shape index (κ3) is 14.5. The van der Waals surface area contributed by atoms with Crippen LogP contribution in [0.1, 0.15) is 68.5 Å². The first-order valence-corrected chi connectivity index (χ1v) is 26.0. The Hall–Kier alpha value is -6.39. The van der Waals surface area contributed by atoms with Gasteiger partial charge in [-0.25, -0.2) is 9.38 Å². The number of aliphatic imine (C=N–C) groups is 2. The fourth-order valence-corrected chi connectivity index (χ4v) is 10.2. The van der Waals surface area contributed by atoms with Gasteiger partial charge in [-0.3, -0.25) is 34.5 Å². The highest BCUT2D eigenvalue weighted by Gasteiger charge is 2.44. The van der Waals surface area contributed by atoms with Gasteiger partial charge in [-0.05, 0) is 53.3 Å². The number of nitrogens with zero attached hydrogens (tertiary/aromatic N) is 6. The zero-order valence-electron chi connectivity index (χ0n) is 43.0. The van der Waals surface area contributed by atoms with Crippen LogP contribution in [-0.4, -0.2) is 159 Å². The maximum absolute atomic E-state index is 14.5. The number of carbonyl (C=O) groups excluding carboxylic acids is 4. The number of methoxy groups -OCH3 is 1. The minimum absolute atomic E-state index is 0.00461. The lowest BCUT2D eigenvalue weighted by atomic mass is 9.85. The van der Waals surface area contributed by atoms with Crippen LogP contribution in [0.2, 0.25) is 0 Å². The molecule has 2 saturated heterocycles. The molecule has 4 heterocycles. The fourth-order valence-electron chi connectivity index (χ4n) is 9.16. The number of carbonyl (C=O) groups is 4. The highest BCUT2D eigenvalue weighted by Crippen LogP contribution is 2.37. The summed E-state index contributed by atoms with van der Waals surface area (Å²) in [7, 11) is 1.45. The number of allylic oxidation sites excluding steroid dienone is 1. The van der Waals surface area contributed by atoms with Crippen LogP contribution in [0.4, 0.5) is 10.1 Å². The maximum Gasteiger partial charge on any atom is 0.246 e. The zero-order chi connectivity index (χ0) is 52.9. The summed E-state index contributed by atoms with van der Waals surface area (Å²) in [6, 6.07) is 19.0. The molecule has 0 spiro atoms. The lowest BCUT2D eigenvalue weighted by molar-refractivity contribution is -0.144. The number of amidine groups is 1. The van der Waals surface area contributed by atoms with Gasteiger partial charge < -0.3 is 50.8 Å². The predicted octanol–water partition coefficient (Wildman–Crippen LogP) is 3.31. The first-order valence-electron chi connectivity index (χ1n) is 25.0. The second-order valence-corrected chi connectivity index (χ2v) is 20.8.